The van der Waals surface area contributed by atoms with E-state index in [-0.39, 0.29) is 17.6 Å². The minimum Gasteiger partial charge on any atom is -0.309 e. The van der Waals surface area contributed by atoms with Gasteiger partial charge in [0.2, 0.25) is 0 Å². The number of nitrogens with zero attached hydrogens (tertiary/aromatic N) is 2. The average molecular weight is 280 g/mol. The maximum Gasteiger partial charge on any atom is 0.179 e. The van der Waals surface area contributed by atoms with Gasteiger partial charge in [-0.15, -0.1) is 0 Å². The molecule has 0 saturated heterocycles. The third-order valence-electron chi connectivity index (χ3n) is 3.51. The van der Waals surface area contributed by atoms with E-state index in [1.807, 2.05) is 21.0 Å². The van der Waals surface area contributed by atoms with Gasteiger partial charge in [-0.3, -0.25) is 9.69 Å². The Kier molecular flexibility index (Phi) is 6.82. The maximum atomic E-state index is 12.9. The zero-order valence-electron chi connectivity index (χ0n) is 12.9. The summed E-state index contributed by atoms with van der Waals surface area (Å²) in [5, 5.41) is 0. The molecule has 1 aromatic carbocycles. The highest BCUT2D eigenvalue weighted by Gasteiger charge is 2.21. The highest BCUT2D eigenvalue weighted by Crippen LogP contribution is 2.11. The molecular weight excluding hydrogens is 255 g/mol. The van der Waals surface area contributed by atoms with Crippen LogP contribution < -0.4 is 0 Å². The van der Waals surface area contributed by atoms with E-state index in [4.69, 9.17) is 0 Å². The van der Waals surface area contributed by atoms with Gasteiger partial charge in [-0.25, -0.2) is 4.39 Å². The van der Waals surface area contributed by atoms with Crippen molar-refractivity contribution in [3.8, 4) is 0 Å². The number of ketones is 1. The van der Waals surface area contributed by atoms with E-state index in [0.29, 0.717) is 5.56 Å². The van der Waals surface area contributed by atoms with Crippen LogP contribution in [-0.4, -0.2) is 55.4 Å². The number of likely N-dealkylation sites (N-methyl/N-ethyl adjacent to an activating group) is 1. The summed E-state index contributed by atoms with van der Waals surface area (Å²) < 4.78 is 12.9. The van der Waals surface area contributed by atoms with Crippen LogP contribution in [0.3, 0.4) is 0 Å². The second-order valence-corrected chi connectivity index (χ2v) is 5.33. The molecule has 0 bridgehead atoms. The Balaban J connectivity index is 2.62. The molecule has 112 valence electrons. The monoisotopic (exact) mass is 280 g/mol. The average Bonchev–Trinajstić information content (AvgIpc) is 2.42. The van der Waals surface area contributed by atoms with Crippen molar-refractivity contribution in [2.75, 3.05) is 33.7 Å². The molecular formula is C16H25FN2O. The van der Waals surface area contributed by atoms with Crippen molar-refractivity contribution >= 4 is 5.78 Å². The maximum absolute atomic E-state index is 12.9. The van der Waals surface area contributed by atoms with Gasteiger partial charge in [0.05, 0.1) is 6.04 Å². The molecule has 0 N–H and O–H groups in total. The Morgan fingerprint density at radius 1 is 1.20 bits per heavy atom. The molecule has 1 unspecified atom stereocenters. The zero-order valence-corrected chi connectivity index (χ0v) is 12.9. The predicted octanol–water partition coefficient (Wildman–Crippen LogP) is 2.67. The molecule has 0 amide bonds. The van der Waals surface area contributed by atoms with Gasteiger partial charge in [-0.2, -0.15) is 0 Å². The molecule has 0 heterocycles. The second kappa shape index (κ2) is 8.12. The zero-order chi connectivity index (χ0) is 15.1. The summed E-state index contributed by atoms with van der Waals surface area (Å²) in [7, 11) is 4.09. The van der Waals surface area contributed by atoms with Crippen molar-refractivity contribution in [1.29, 1.82) is 0 Å². The SMILES string of the molecule is CCN(CCCN(C)C)C(C)C(=O)c1ccc(F)cc1. The Hall–Kier alpha value is -1.26. The van der Waals surface area contributed by atoms with Gasteiger partial charge in [-0.05, 0) is 64.8 Å². The number of hydrogen-bond donors (Lipinski definition) is 0. The van der Waals surface area contributed by atoms with Gasteiger partial charge in [-0.1, -0.05) is 6.92 Å². The van der Waals surface area contributed by atoms with Crippen LogP contribution in [0.4, 0.5) is 4.39 Å². The van der Waals surface area contributed by atoms with E-state index < -0.39 is 0 Å². The Labute approximate surface area is 121 Å². The van der Waals surface area contributed by atoms with E-state index in [1.54, 1.807) is 12.1 Å². The van der Waals surface area contributed by atoms with Crippen LogP contribution in [-0.2, 0) is 0 Å². The fraction of sp³-hybridized carbons (Fsp3) is 0.562. The summed E-state index contributed by atoms with van der Waals surface area (Å²) in [6.07, 6.45) is 1.03. The third-order valence-corrected chi connectivity index (χ3v) is 3.51. The highest BCUT2D eigenvalue weighted by atomic mass is 19.1. The standard InChI is InChI=1S/C16H25FN2O/c1-5-19(12-6-11-18(3)4)13(2)16(20)14-7-9-15(17)10-8-14/h7-10,13H,5-6,11-12H2,1-4H3. The number of Topliss-reactive ketones (excluding diaryl/α,β-unsaturated/α-hetero) is 1. The minimum atomic E-state index is -0.312. The quantitative estimate of drug-likeness (QED) is 0.684. The van der Waals surface area contributed by atoms with E-state index in [2.05, 4.69) is 16.7 Å². The summed E-state index contributed by atoms with van der Waals surface area (Å²) >= 11 is 0. The molecule has 0 aliphatic heterocycles. The molecule has 0 aromatic heterocycles. The molecule has 0 saturated carbocycles. The lowest BCUT2D eigenvalue weighted by molar-refractivity contribution is 0.0840. The first-order valence-electron chi connectivity index (χ1n) is 7.14. The first kappa shape index (κ1) is 16.8. The number of halogens is 1. The van der Waals surface area contributed by atoms with Crippen molar-refractivity contribution in [3.05, 3.63) is 35.6 Å². The van der Waals surface area contributed by atoms with Gasteiger partial charge in [0.1, 0.15) is 5.82 Å². The molecule has 3 nitrogen and oxygen atoms in total. The topological polar surface area (TPSA) is 23.6 Å². The molecule has 1 aromatic rings. The van der Waals surface area contributed by atoms with Gasteiger partial charge in [0, 0.05) is 12.1 Å². The lowest BCUT2D eigenvalue weighted by Gasteiger charge is -2.27. The summed E-state index contributed by atoms with van der Waals surface area (Å²) in [5.74, 6) is -0.260. The molecule has 0 aliphatic rings. The van der Waals surface area contributed by atoms with Crippen molar-refractivity contribution in [2.45, 2.75) is 26.3 Å². The van der Waals surface area contributed by atoms with Crippen LogP contribution in [0.15, 0.2) is 24.3 Å². The molecule has 0 fully saturated rings. The molecule has 0 radical (unpaired) electrons. The van der Waals surface area contributed by atoms with Gasteiger partial charge in [0.25, 0.3) is 0 Å². The van der Waals surface area contributed by atoms with Crippen molar-refractivity contribution in [1.82, 2.24) is 9.80 Å². The fourth-order valence-corrected chi connectivity index (χ4v) is 2.24. The van der Waals surface area contributed by atoms with E-state index in [1.165, 1.54) is 12.1 Å². The number of rotatable bonds is 8. The second-order valence-electron chi connectivity index (χ2n) is 5.33. The van der Waals surface area contributed by atoms with Crippen LogP contribution in [0, 0.1) is 5.82 Å². The van der Waals surface area contributed by atoms with Crippen LogP contribution in [0.5, 0.6) is 0 Å². The van der Waals surface area contributed by atoms with Crippen LogP contribution in [0.2, 0.25) is 0 Å². The predicted molar refractivity (Wildman–Crippen MR) is 80.6 cm³/mol. The molecule has 4 heteroatoms. The minimum absolute atomic E-state index is 0.0525. The van der Waals surface area contributed by atoms with Crippen LogP contribution in [0.1, 0.15) is 30.6 Å². The summed E-state index contributed by atoms with van der Waals surface area (Å²) in [6, 6.07) is 5.61. The molecule has 1 rings (SSSR count). The fourth-order valence-electron chi connectivity index (χ4n) is 2.24. The summed E-state index contributed by atoms with van der Waals surface area (Å²) in [5.41, 5.74) is 0.574. The van der Waals surface area contributed by atoms with Gasteiger partial charge < -0.3 is 4.90 Å². The molecule has 0 aliphatic carbocycles. The van der Waals surface area contributed by atoms with Gasteiger partial charge >= 0.3 is 0 Å². The highest BCUT2D eigenvalue weighted by molar-refractivity contribution is 5.99. The van der Waals surface area contributed by atoms with E-state index in [9.17, 15) is 9.18 Å². The largest absolute Gasteiger partial charge is 0.309 e. The molecule has 20 heavy (non-hydrogen) atoms. The van der Waals surface area contributed by atoms with E-state index in [0.717, 1.165) is 26.1 Å². The number of hydrogen-bond acceptors (Lipinski definition) is 3. The number of carbonyl (C=O) groups excluding carboxylic acids is 1. The number of carbonyl (C=O) groups is 1. The van der Waals surface area contributed by atoms with E-state index >= 15 is 0 Å². The first-order valence-corrected chi connectivity index (χ1v) is 7.14. The summed E-state index contributed by atoms with van der Waals surface area (Å²) in [6.45, 7) is 6.72. The smallest absolute Gasteiger partial charge is 0.179 e. The van der Waals surface area contributed by atoms with Gasteiger partial charge in [0.15, 0.2) is 5.78 Å². The Bertz CT molecular complexity index is 417. The lowest BCUT2D eigenvalue weighted by atomic mass is 10.0. The van der Waals surface area contributed by atoms with Crippen LogP contribution in [0.25, 0.3) is 0 Å². The Morgan fingerprint density at radius 3 is 2.30 bits per heavy atom. The van der Waals surface area contributed by atoms with Crippen molar-refractivity contribution < 1.29 is 9.18 Å². The van der Waals surface area contributed by atoms with Crippen molar-refractivity contribution in [3.63, 3.8) is 0 Å². The van der Waals surface area contributed by atoms with Crippen molar-refractivity contribution in [2.24, 2.45) is 0 Å². The Morgan fingerprint density at radius 2 is 1.80 bits per heavy atom. The number of benzene rings is 1. The molecule has 1 atom stereocenters. The third kappa shape index (κ3) is 5.02. The molecule has 0 spiro atoms. The van der Waals surface area contributed by atoms with Crippen LogP contribution >= 0.6 is 0 Å². The normalized spacial score (nSPS) is 12.9. The first-order chi connectivity index (χ1) is 9.45. The summed E-state index contributed by atoms with van der Waals surface area (Å²) in [4.78, 5) is 16.7. The lowest BCUT2D eigenvalue weighted by Crippen LogP contribution is -2.40.